The molecule has 1 aromatic rings. The lowest BCUT2D eigenvalue weighted by molar-refractivity contribution is -0.142. The number of aliphatic hydroxyl groups is 1. The average molecular weight is 1390 g/mol. The van der Waals surface area contributed by atoms with Crippen molar-refractivity contribution in [3.63, 3.8) is 0 Å². The van der Waals surface area contributed by atoms with Crippen LogP contribution in [0.3, 0.4) is 0 Å². The molecule has 0 aromatic heterocycles. The number of nitrogens with one attached hydrogen (secondary N) is 11. The molecule has 0 spiro atoms. The Morgan fingerprint density at radius 3 is 1.16 bits per heavy atom. The van der Waals surface area contributed by atoms with E-state index >= 15 is 0 Å². The first kappa shape index (κ1) is 84.1. The number of phenolic OH excluding ortho intramolecular Hbond substituents is 1. The van der Waals surface area contributed by atoms with E-state index in [1.54, 1.807) is 13.8 Å². The highest BCUT2D eigenvalue weighted by Gasteiger charge is 2.37. The zero-order chi connectivity index (χ0) is 72.4. The van der Waals surface area contributed by atoms with Crippen LogP contribution in [-0.4, -0.2) is 227 Å². The second kappa shape index (κ2) is 43.2. The SMILES string of the molecule is CC(C)C[C@H](NC(=O)[C@@H](NC(=O)[C@H](C)NC(=O)[C@H](CCC(=O)O)NC(=O)[C@H](Cc1ccc(O)cc1)NC(=O)[C@@H](N)CCC(=O)O)[C@@H](C)O)C(=O)N[C@@H](CCC(=O)O)C(=O)N[C@@H](CCC(=O)O)C(=O)N[C@@H](CS)C(=O)N[C@@H](CS)C(=O)N[C@@H](C)C(=O)N[C@@H](CCCCN)C(=O)O. The van der Waals surface area contributed by atoms with E-state index in [1.165, 1.54) is 31.2 Å². The van der Waals surface area contributed by atoms with E-state index in [0.29, 0.717) is 18.4 Å². The van der Waals surface area contributed by atoms with E-state index in [2.05, 4.69) is 83.7 Å². The summed E-state index contributed by atoms with van der Waals surface area (Å²) in [5.41, 5.74) is 11.7. The van der Waals surface area contributed by atoms with Crippen molar-refractivity contribution >= 4 is 120 Å². The van der Waals surface area contributed by atoms with Gasteiger partial charge in [-0.15, -0.1) is 0 Å². The minimum atomic E-state index is -1.93. The Bertz CT molecular complexity index is 2850. The number of thiol groups is 2. The highest BCUT2D eigenvalue weighted by atomic mass is 32.1. The Morgan fingerprint density at radius 2 is 0.758 bits per heavy atom. The van der Waals surface area contributed by atoms with Crippen LogP contribution < -0.4 is 70.0 Å². The molecule has 11 amide bonds. The molecule has 1 rings (SSSR count). The third-order valence-electron chi connectivity index (χ3n) is 14.0. The van der Waals surface area contributed by atoms with Crippen LogP contribution in [0.4, 0.5) is 0 Å². The van der Waals surface area contributed by atoms with Crippen molar-refractivity contribution in [2.24, 2.45) is 17.4 Å². The van der Waals surface area contributed by atoms with Gasteiger partial charge in [0.25, 0.3) is 0 Å². The Kier molecular flexibility index (Phi) is 38.2. The van der Waals surface area contributed by atoms with Crippen LogP contribution >= 0.6 is 25.3 Å². The molecule has 0 fully saturated rings. The maximum Gasteiger partial charge on any atom is 0.326 e. The Labute approximate surface area is 556 Å². The van der Waals surface area contributed by atoms with Crippen LogP contribution in [0.25, 0.3) is 0 Å². The van der Waals surface area contributed by atoms with Gasteiger partial charge in [-0.1, -0.05) is 26.0 Å². The number of unbranched alkanes of at least 4 members (excludes halogenated alkanes) is 1. The van der Waals surface area contributed by atoms with Gasteiger partial charge in [0.15, 0.2) is 0 Å². The first-order valence-corrected chi connectivity index (χ1v) is 31.3. The molecule has 0 bridgehead atoms. The van der Waals surface area contributed by atoms with Gasteiger partial charge >= 0.3 is 29.8 Å². The zero-order valence-electron chi connectivity index (χ0n) is 52.9. The van der Waals surface area contributed by atoms with Crippen molar-refractivity contribution in [1.29, 1.82) is 0 Å². The number of carbonyl (C=O) groups excluding carboxylic acids is 11. The van der Waals surface area contributed by atoms with Gasteiger partial charge in [0, 0.05) is 43.6 Å². The Morgan fingerprint density at radius 1 is 0.411 bits per heavy atom. The summed E-state index contributed by atoms with van der Waals surface area (Å²) in [6, 6.07) is -14.0. The predicted molar refractivity (Wildman–Crippen MR) is 339 cm³/mol. The summed E-state index contributed by atoms with van der Waals surface area (Å²) in [5.74, 6) is -20.6. The van der Waals surface area contributed by atoms with Crippen LogP contribution in [0.15, 0.2) is 24.3 Å². The van der Waals surface area contributed by atoms with E-state index < -0.39 is 230 Å². The summed E-state index contributed by atoms with van der Waals surface area (Å²) in [6.45, 7) is 6.88. The van der Waals surface area contributed by atoms with Gasteiger partial charge in [-0.05, 0) is 102 Å². The smallest absolute Gasteiger partial charge is 0.326 e. The minimum absolute atomic E-state index is 0.0440. The van der Waals surface area contributed by atoms with Crippen molar-refractivity contribution in [2.45, 2.75) is 197 Å². The third-order valence-corrected chi connectivity index (χ3v) is 14.7. The van der Waals surface area contributed by atoms with E-state index in [4.69, 9.17) is 16.6 Å². The number of carboxylic acids is 5. The van der Waals surface area contributed by atoms with E-state index in [-0.39, 0.29) is 43.7 Å². The highest BCUT2D eigenvalue weighted by molar-refractivity contribution is 7.80. The number of carboxylic acid groups (broad SMARTS) is 5. The molecule has 532 valence electrons. The second-order valence-corrected chi connectivity index (χ2v) is 23.2. The van der Waals surface area contributed by atoms with Gasteiger partial charge in [0.2, 0.25) is 65.0 Å². The van der Waals surface area contributed by atoms with Gasteiger partial charge in [0.1, 0.15) is 72.2 Å². The summed E-state index contributed by atoms with van der Waals surface area (Å²) < 4.78 is 0. The summed E-state index contributed by atoms with van der Waals surface area (Å²) in [6.07, 6.45) is -6.52. The first-order chi connectivity index (χ1) is 44.4. The van der Waals surface area contributed by atoms with Crippen molar-refractivity contribution < 1.29 is 112 Å². The summed E-state index contributed by atoms with van der Waals surface area (Å²) >= 11 is 8.20. The zero-order valence-corrected chi connectivity index (χ0v) is 54.7. The van der Waals surface area contributed by atoms with Gasteiger partial charge in [-0.3, -0.25) is 71.9 Å². The lowest BCUT2D eigenvalue weighted by Crippen LogP contribution is -2.62. The molecule has 0 saturated heterocycles. The van der Waals surface area contributed by atoms with Crippen LogP contribution in [0, 0.1) is 5.92 Å². The molecule has 0 saturated carbocycles. The molecule has 0 aliphatic rings. The number of aliphatic hydroxyl groups excluding tert-OH is 1. The molecule has 38 heteroatoms. The monoisotopic (exact) mass is 1390 g/mol. The van der Waals surface area contributed by atoms with Gasteiger partial charge < -0.3 is 106 Å². The fourth-order valence-corrected chi connectivity index (χ4v) is 9.09. The molecule has 22 N–H and O–H groups in total. The maximum atomic E-state index is 14.1. The number of benzene rings is 1. The lowest BCUT2D eigenvalue weighted by Gasteiger charge is -2.29. The van der Waals surface area contributed by atoms with Crippen molar-refractivity contribution in [3.8, 4) is 5.75 Å². The van der Waals surface area contributed by atoms with E-state index in [9.17, 15) is 107 Å². The van der Waals surface area contributed by atoms with Crippen molar-refractivity contribution in [1.82, 2.24) is 58.5 Å². The fraction of sp³-hybridized carbons (Fsp3) is 0.614. The molecule has 95 heavy (non-hydrogen) atoms. The second-order valence-electron chi connectivity index (χ2n) is 22.5. The molecule has 0 aliphatic carbocycles. The van der Waals surface area contributed by atoms with E-state index in [0.717, 1.165) is 13.8 Å². The number of hydrogen-bond donors (Lipinski definition) is 22. The number of amides is 11. The fourth-order valence-electron chi connectivity index (χ4n) is 8.58. The quantitative estimate of drug-likeness (QED) is 0.0214. The summed E-state index contributed by atoms with van der Waals surface area (Å²) in [7, 11) is 0. The largest absolute Gasteiger partial charge is 0.508 e. The molecule has 1 aromatic carbocycles. The minimum Gasteiger partial charge on any atom is -0.508 e. The topological polar surface area (TPSA) is 599 Å². The van der Waals surface area contributed by atoms with Crippen LogP contribution in [0.2, 0.25) is 0 Å². The number of hydrogen-bond acceptors (Lipinski definition) is 22. The number of carbonyl (C=O) groups is 16. The standard InChI is InChI=1S/C57H89N13O23S2/c1-26(2)22-37(67-56(91)45(29(5)71)70-47(82)28(4)60-49(84)33(14-18-42(75)76)63-53(88)38(23-30-9-11-31(72)12-10-30)66-48(83)32(59)13-17-41(73)74)52(87)64-34(15-19-43(77)78)50(85)62-35(16-20-44(79)80)51(86)68-40(25-95)55(90)69-39(24-94)54(89)61-27(3)46(81)65-36(57(92)93)8-6-7-21-58/h9-12,26-29,32-40,45,71-72,94-95H,6-8,13-25,58-59H2,1-5H3,(H,60,84)(H,61,89)(H,62,85)(H,63,88)(H,64,87)(H,65,81)(H,66,83)(H,67,91)(H,68,86)(H,69,90)(H,70,82)(H,73,74)(H,75,76)(H,77,78)(H,79,80)(H,92,93)/t27-,28-,29+,32-,33-,34-,35-,36-,37-,38-,39-,40-,45-/m0/s1. The van der Waals surface area contributed by atoms with Crippen LogP contribution in [0.1, 0.15) is 117 Å². The number of nitrogens with two attached hydrogens (primary N) is 2. The molecule has 0 unspecified atom stereocenters. The van der Waals surface area contributed by atoms with Gasteiger partial charge in [0.05, 0.1) is 12.1 Å². The Balaban J connectivity index is 3.41. The van der Waals surface area contributed by atoms with Crippen LogP contribution in [0.5, 0.6) is 5.75 Å². The molecular weight excluding hydrogens is 1300 g/mol. The molecular formula is C57H89N13O23S2. The predicted octanol–water partition coefficient (Wildman–Crippen LogP) is -5.41. The first-order valence-electron chi connectivity index (χ1n) is 30.0. The molecule has 0 aliphatic heterocycles. The van der Waals surface area contributed by atoms with Gasteiger partial charge in [-0.25, -0.2) is 4.79 Å². The third kappa shape index (κ3) is 32.7. The number of aromatic hydroxyl groups is 1. The maximum absolute atomic E-state index is 14.1. The lowest BCUT2D eigenvalue weighted by atomic mass is 10.0. The van der Waals surface area contributed by atoms with Crippen LogP contribution in [-0.2, 0) is 83.1 Å². The molecule has 0 heterocycles. The normalized spacial score (nSPS) is 15.1. The molecule has 0 radical (unpaired) electrons. The average Bonchev–Trinajstić information content (AvgIpc) is 0.949. The summed E-state index contributed by atoms with van der Waals surface area (Å²) in [5, 5.41) is 93.1. The van der Waals surface area contributed by atoms with Gasteiger partial charge in [-0.2, -0.15) is 25.3 Å². The van der Waals surface area contributed by atoms with E-state index in [1.807, 2.05) is 0 Å². The van der Waals surface area contributed by atoms with Crippen molar-refractivity contribution in [2.75, 3.05) is 18.1 Å². The number of phenols is 1. The highest BCUT2D eigenvalue weighted by Crippen LogP contribution is 2.14. The molecule has 36 nitrogen and oxygen atoms in total. The number of rotatable bonds is 46. The molecule has 13 atom stereocenters. The summed E-state index contributed by atoms with van der Waals surface area (Å²) in [4.78, 5) is 208. The Hall–Kier alpha value is -8.88. The number of aliphatic carboxylic acids is 5. The van der Waals surface area contributed by atoms with Crippen molar-refractivity contribution in [3.05, 3.63) is 29.8 Å².